The summed E-state index contributed by atoms with van der Waals surface area (Å²) in [6, 6.07) is 16.1. The van der Waals surface area contributed by atoms with E-state index in [1.807, 2.05) is 18.2 Å². The van der Waals surface area contributed by atoms with Gasteiger partial charge in [0, 0.05) is 0 Å². The lowest BCUT2D eigenvalue weighted by atomic mass is 10.1. The first kappa shape index (κ1) is 21.3. The van der Waals surface area contributed by atoms with Crippen molar-refractivity contribution in [1.29, 1.82) is 5.26 Å². The Kier molecular flexibility index (Phi) is 7.38. The fraction of sp³-hybridized carbons (Fsp3) is 0.143. The number of nitrogens with one attached hydrogen (secondary N) is 1. The molecule has 3 rings (SSSR count). The molecule has 1 heterocycles. The van der Waals surface area contributed by atoms with Crippen molar-refractivity contribution in [2.75, 3.05) is 18.5 Å². The first-order valence-electron chi connectivity index (χ1n) is 8.88. The number of aryl methyl sites for hydroxylation is 1. The van der Waals surface area contributed by atoms with Crippen LogP contribution in [0.1, 0.15) is 10.6 Å². The molecule has 9 heteroatoms. The SMILES string of the molecule is Cc1nnc(NC(=O)/C(C#N)=C\c2ccc(OCCOc3ccccc3Cl)cc2)s1. The highest BCUT2D eigenvalue weighted by molar-refractivity contribution is 7.15. The molecule has 0 aliphatic rings. The summed E-state index contributed by atoms with van der Waals surface area (Å²) < 4.78 is 11.2. The number of hydrogen-bond acceptors (Lipinski definition) is 7. The normalized spacial score (nSPS) is 10.9. The van der Waals surface area contributed by atoms with Crippen molar-refractivity contribution in [3.05, 3.63) is 69.7 Å². The van der Waals surface area contributed by atoms with E-state index < -0.39 is 5.91 Å². The maximum absolute atomic E-state index is 12.2. The van der Waals surface area contributed by atoms with Crippen molar-refractivity contribution >= 4 is 40.1 Å². The molecule has 0 atom stereocenters. The Balaban J connectivity index is 1.53. The van der Waals surface area contributed by atoms with Crippen molar-refractivity contribution in [2.24, 2.45) is 0 Å². The van der Waals surface area contributed by atoms with Gasteiger partial charge in [0.2, 0.25) is 5.13 Å². The van der Waals surface area contributed by atoms with Gasteiger partial charge in [-0.05, 0) is 42.8 Å². The van der Waals surface area contributed by atoms with Crippen LogP contribution in [0.5, 0.6) is 11.5 Å². The smallest absolute Gasteiger partial charge is 0.268 e. The van der Waals surface area contributed by atoms with E-state index in [-0.39, 0.29) is 5.57 Å². The van der Waals surface area contributed by atoms with Crippen LogP contribution in [0.4, 0.5) is 5.13 Å². The highest BCUT2D eigenvalue weighted by atomic mass is 35.5. The summed E-state index contributed by atoms with van der Waals surface area (Å²) in [4.78, 5) is 12.2. The van der Waals surface area contributed by atoms with E-state index in [0.717, 1.165) is 5.01 Å². The Morgan fingerprint density at radius 3 is 2.57 bits per heavy atom. The van der Waals surface area contributed by atoms with Crippen molar-refractivity contribution in [1.82, 2.24) is 10.2 Å². The first-order valence-corrected chi connectivity index (χ1v) is 10.1. The third kappa shape index (κ3) is 6.04. The third-order valence-electron chi connectivity index (χ3n) is 3.75. The van der Waals surface area contributed by atoms with Gasteiger partial charge in [0.05, 0.1) is 5.02 Å². The number of carbonyl (C=O) groups is 1. The van der Waals surface area contributed by atoms with Crippen molar-refractivity contribution in [2.45, 2.75) is 6.92 Å². The Morgan fingerprint density at radius 2 is 1.90 bits per heavy atom. The second kappa shape index (κ2) is 10.4. The second-order valence-electron chi connectivity index (χ2n) is 5.95. The Hall–Kier alpha value is -3.41. The zero-order valence-electron chi connectivity index (χ0n) is 16.0. The quantitative estimate of drug-likeness (QED) is 0.314. The van der Waals surface area contributed by atoms with Crippen molar-refractivity contribution in [3.63, 3.8) is 0 Å². The van der Waals surface area contributed by atoms with Crippen LogP contribution in [0.15, 0.2) is 54.1 Å². The second-order valence-corrected chi connectivity index (χ2v) is 7.54. The minimum atomic E-state index is -0.536. The van der Waals surface area contributed by atoms with Crippen LogP contribution < -0.4 is 14.8 Å². The third-order valence-corrected chi connectivity index (χ3v) is 4.82. The number of amides is 1. The monoisotopic (exact) mass is 440 g/mol. The Labute approximate surface area is 182 Å². The molecule has 1 N–H and O–H groups in total. The minimum Gasteiger partial charge on any atom is -0.490 e. The zero-order chi connectivity index (χ0) is 21.3. The molecule has 0 fully saturated rings. The highest BCUT2D eigenvalue weighted by Gasteiger charge is 2.12. The molecule has 152 valence electrons. The topological polar surface area (TPSA) is 97.1 Å². The van der Waals surface area contributed by atoms with Crippen LogP contribution in [0.3, 0.4) is 0 Å². The summed E-state index contributed by atoms with van der Waals surface area (Å²) in [5.41, 5.74) is 0.652. The lowest BCUT2D eigenvalue weighted by Crippen LogP contribution is -2.13. The number of para-hydroxylation sites is 1. The first-order chi connectivity index (χ1) is 14.5. The number of hydrogen-bond donors (Lipinski definition) is 1. The Morgan fingerprint density at radius 1 is 1.17 bits per heavy atom. The predicted molar refractivity (Wildman–Crippen MR) is 116 cm³/mol. The number of carbonyl (C=O) groups excluding carboxylic acids is 1. The molecule has 30 heavy (non-hydrogen) atoms. The minimum absolute atomic E-state index is 0.0374. The van der Waals surface area contributed by atoms with E-state index in [2.05, 4.69) is 15.5 Å². The van der Waals surface area contributed by atoms with Crippen molar-refractivity contribution < 1.29 is 14.3 Å². The van der Waals surface area contributed by atoms with Gasteiger partial charge >= 0.3 is 0 Å². The van der Waals surface area contributed by atoms with Gasteiger partial charge in [-0.1, -0.05) is 47.2 Å². The molecule has 0 bridgehead atoms. The van der Waals surface area contributed by atoms with Crippen LogP contribution in [0, 0.1) is 18.3 Å². The zero-order valence-corrected chi connectivity index (χ0v) is 17.5. The molecule has 7 nitrogen and oxygen atoms in total. The number of nitriles is 1. The summed E-state index contributed by atoms with van der Waals surface area (Å²) in [6.07, 6.45) is 1.49. The van der Waals surface area contributed by atoms with Crippen LogP contribution >= 0.6 is 22.9 Å². The molecule has 2 aromatic carbocycles. The number of ether oxygens (including phenoxy) is 2. The molecule has 0 radical (unpaired) electrons. The molecule has 0 unspecified atom stereocenters. The average Bonchev–Trinajstić information content (AvgIpc) is 3.16. The molecule has 0 aliphatic heterocycles. The van der Waals surface area contributed by atoms with Crippen LogP contribution in [-0.4, -0.2) is 29.3 Å². The molecule has 0 spiro atoms. The molecule has 3 aromatic rings. The lowest BCUT2D eigenvalue weighted by Gasteiger charge is -2.09. The summed E-state index contributed by atoms with van der Waals surface area (Å²) in [6.45, 7) is 2.46. The van der Waals surface area contributed by atoms with Gasteiger partial charge < -0.3 is 9.47 Å². The van der Waals surface area contributed by atoms with E-state index in [1.54, 1.807) is 43.3 Å². The summed E-state index contributed by atoms with van der Waals surface area (Å²) in [7, 11) is 0. The molecule has 0 saturated carbocycles. The number of benzene rings is 2. The van der Waals surface area contributed by atoms with Gasteiger partial charge in [0.25, 0.3) is 5.91 Å². The number of halogens is 1. The number of rotatable bonds is 8. The molecule has 1 amide bonds. The van der Waals surface area contributed by atoms with Gasteiger partial charge in [-0.25, -0.2) is 0 Å². The van der Waals surface area contributed by atoms with E-state index >= 15 is 0 Å². The van der Waals surface area contributed by atoms with Crippen LogP contribution in [0.25, 0.3) is 6.08 Å². The van der Waals surface area contributed by atoms with Gasteiger partial charge in [-0.3, -0.25) is 10.1 Å². The van der Waals surface area contributed by atoms with Crippen molar-refractivity contribution in [3.8, 4) is 17.6 Å². The van der Waals surface area contributed by atoms with E-state index in [4.69, 9.17) is 21.1 Å². The van der Waals surface area contributed by atoms with Gasteiger partial charge in [-0.2, -0.15) is 5.26 Å². The largest absolute Gasteiger partial charge is 0.490 e. The van der Waals surface area contributed by atoms with E-state index in [1.165, 1.54) is 17.4 Å². The molecular formula is C21H17ClN4O3S. The predicted octanol–water partition coefficient (Wildman–Crippen LogP) is 4.50. The van der Waals surface area contributed by atoms with E-state index in [0.29, 0.717) is 40.4 Å². The summed E-state index contributed by atoms with van der Waals surface area (Å²) in [5, 5.41) is 21.1. The number of anilines is 1. The Bertz CT molecular complexity index is 1090. The highest BCUT2D eigenvalue weighted by Crippen LogP contribution is 2.23. The molecular weight excluding hydrogens is 424 g/mol. The summed E-state index contributed by atoms with van der Waals surface area (Å²) in [5.74, 6) is 0.710. The van der Waals surface area contributed by atoms with Gasteiger partial charge in [0.1, 0.15) is 41.4 Å². The van der Waals surface area contributed by atoms with E-state index in [9.17, 15) is 10.1 Å². The maximum atomic E-state index is 12.2. The van der Waals surface area contributed by atoms with Gasteiger partial charge in [-0.15, -0.1) is 10.2 Å². The maximum Gasteiger partial charge on any atom is 0.268 e. The van der Waals surface area contributed by atoms with Crippen LogP contribution in [0.2, 0.25) is 5.02 Å². The summed E-state index contributed by atoms with van der Waals surface area (Å²) >= 11 is 7.27. The lowest BCUT2D eigenvalue weighted by molar-refractivity contribution is -0.112. The number of nitrogens with zero attached hydrogens (tertiary/aromatic N) is 3. The molecule has 0 saturated heterocycles. The fourth-order valence-electron chi connectivity index (χ4n) is 2.36. The molecule has 1 aromatic heterocycles. The number of aromatic nitrogens is 2. The fourth-order valence-corrected chi connectivity index (χ4v) is 3.14. The van der Waals surface area contributed by atoms with Crippen LogP contribution in [-0.2, 0) is 4.79 Å². The standard InChI is InChI=1S/C21H17ClN4O3S/c1-14-25-26-21(30-14)24-20(27)16(13-23)12-15-6-8-17(9-7-15)28-10-11-29-19-5-3-2-4-18(19)22/h2-9,12H,10-11H2,1H3,(H,24,26,27)/b16-12-. The molecule has 0 aliphatic carbocycles. The average molecular weight is 441 g/mol. The van der Waals surface area contributed by atoms with Gasteiger partial charge in [0.15, 0.2) is 0 Å².